The van der Waals surface area contributed by atoms with Gasteiger partial charge in [-0.1, -0.05) is 0 Å². The molecule has 0 saturated carbocycles. The highest BCUT2D eigenvalue weighted by molar-refractivity contribution is 9.10. The van der Waals surface area contributed by atoms with Crippen LogP contribution in [0.15, 0.2) is 33.5 Å². The SMILES string of the molecule is Cc1ncoc1C(=O)Nc1cc(F)ccc1Br. The van der Waals surface area contributed by atoms with Gasteiger partial charge in [-0.25, -0.2) is 9.37 Å². The van der Waals surface area contributed by atoms with Crippen molar-refractivity contribution in [1.82, 2.24) is 4.98 Å². The van der Waals surface area contributed by atoms with E-state index in [-0.39, 0.29) is 5.76 Å². The molecular formula is C11H8BrFN2O2. The molecule has 88 valence electrons. The van der Waals surface area contributed by atoms with Crippen LogP contribution in [0.3, 0.4) is 0 Å². The van der Waals surface area contributed by atoms with Crippen molar-refractivity contribution in [2.75, 3.05) is 5.32 Å². The highest BCUT2D eigenvalue weighted by Gasteiger charge is 2.15. The first-order valence-corrected chi connectivity index (χ1v) is 5.53. The molecule has 0 saturated heterocycles. The van der Waals surface area contributed by atoms with Gasteiger partial charge in [-0.05, 0) is 41.1 Å². The number of hydrogen-bond donors (Lipinski definition) is 1. The second-order valence-corrected chi connectivity index (χ2v) is 4.20. The van der Waals surface area contributed by atoms with E-state index in [1.165, 1.54) is 24.6 Å². The number of benzene rings is 1. The first-order chi connectivity index (χ1) is 8.08. The summed E-state index contributed by atoms with van der Waals surface area (Å²) in [6, 6.07) is 4.02. The van der Waals surface area contributed by atoms with E-state index in [4.69, 9.17) is 4.42 Å². The summed E-state index contributed by atoms with van der Waals surface area (Å²) in [6.07, 6.45) is 1.19. The lowest BCUT2D eigenvalue weighted by Crippen LogP contribution is -2.12. The van der Waals surface area contributed by atoms with Crippen molar-refractivity contribution >= 4 is 27.5 Å². The fourth-order valence-electron chi connectivity index (χ4n) is 1.29. The molecule has 17 heavy (non-hydrogen) atoms. The summed E-state index contributed by atoms with van der Waals surface area (Å²) in [6.45, 7) is 1.65. The molecule has 0 fully saturated rings. The van der Waals surface area contributed by atoms with Crippen LogP contribution in [0.5, 0.6) is 0 Å². The minimum atomic E-state index is -0.466. The summed E-state index contributed by atoms with van der Waals surface area (Å²) in [5, 5.41) is 2.53. The Morgan fingerprint density at radius 1 is 1.53 bits per heavy atom. The van der Waals surface area contributed by atoms with E-state index in [9.17, 15) is 9.18 Å². The topological polar surface area (TPSA) is 55.1 Å². The largest absolute Gasteiger partial charge is 0.438 e. The van der Waals surface area contributed by atoms with E-state index >= 15 is 0 Å². The zero-order chi connectivity index (χ0) is 12.4. The first-order valence-electron chi connectivity index (χ1n) is 4.74. The first kappa shape index (κ1) is 11.8. The molecule has 1 aromatic carbocycles. The van der Waals surface area contributed by atoms with E-state index in [0.29, 0.717) is 15.9 Å². The average molecular weight is 299 g/mol. The van der Waals surface area contributed by atoms with Gasteiger partial charge in [0, 0.05) is 4.47 Å². The normalized spacial score (nSPS) is 10.3. The Bertz CT molecular complexity index is 568. The fraction of sp³-hybridized carbons (Fsp3) is 0.0909. The number of nitrogens with zero attached hydrogens (tertiary/aromatic N) is 1. The number of carbonyl (C=O) groups excluding carboxylic acids is 1. The quantitative estimate of drug-likeness (QED) is 0.927. The van der Waals surface area contributed by atoms with E-state index in [1.807, 2.05) is 0 Å². The Kier molecular flexibility index (Phi) is 3.23. The van der Waals surface area contributed by atoms with Crippen LogP contribution in [0, 0.1) is 12.7 Å². The summed E-state index contributed by atoms with van der Waals surface area (Å²) in [4.78, 5) is 15.6. The maximum Gasteiger partial charge on any atom is 0.293 e. The van der Waals surface area contributed by atoms with Crippen LogP contribution in [0.25, 0.3) is 0 Å². The Hall–Kier alpha value is -1.69. The maximum absolute atomic E-state index is 13.0. The van der Waals surface area contributed by atoms with Crippen molar-refractivity contribution in [1.29, 1.82) is 0 Å². The third-order valence-corrected chi connectivity index (χ3v) is 2.82. The van der Waals surface area contributed by atoms with Crippen LogP contribution < -0.4 is 5.32 Å². The van der Waals surface area contributed by atoms with Crippen LogP contribution in [0.4, 0.5) is 10.1 Å². The summed E-state index contributed by atoms with van der Waals surface area (Å²) < 4.78 is 18.5. The predicted molar refractivity (Wildman–Crippen MR) is 63.3 cm³/mol. The molecule has 0 aliphatic carbocycles. The molecule has 0 bridgehead atoms. The molecule has 2 aromatic rings. The molecule has 4 nitrogen and oxygen atoms in total. The van der Waals surface area contributed by atoms with E-state index in [0.717, 1.165) is 0 Å². The lowest BCUT2D eigenvalue weighted by molar-refractivity contribution is 0.0996. The molecule has 1 heterocycles. The molecule has 1 aromatic heterocycles. The number of anilines is 1. The molecule has 6 heteroatoms. The van der Waals surface area contributed by atoms with Gasteiger partial charge in [0.15, 0.2) is 6.39 Å². The lowest BCUT2D eigenvalue weighted by Gasteiger charge is -2.05. The number of rotatable bonds is 2. The minimum Gasteiger partial charge on any atom is -0.438 e. The van der Waals surface area contributed by atoms with Crippen LogP contribution in [0.1, 0.15) is 16.2 Å². The van der Waals surface area contributed by atoms with E-state index < -0.39 is 11.7 Å². The minimum absolute atomic E-state index is 0.112. The number of carbonyl (C=O) groups is 1. The predicted octanol–water partition coefficient (Wildman–Crippen LogP) is 3.14. The Labute approximate surface area is 105 Å². The fourth-order valence-corrected chi connectivity index (χ4v) is 1.64. The number of hydrogen-bond acceptors (Lipinski definition) is 3. The van der Waals surface area contributed by atoms with Crippen LogP contribution >= 0.6 is 15.9 Å². The molecule has 1 N–H and O–H groups in total. The Morgan fingerprint density at radius 2 is 2.29 bits per heavy atom. The summed E-state index contributed by atoms with van der Waals surface area (Å²) in [5.41, 5.74) is 0.820. The maximum atomic E-state index is 13.0. The van der Waals surface area contributed by atoms with Crippen LogP contribution in [-0.2, 0) is 0 Å². The summed E-state index contributed by atoms with van der Waals surface area (Å²) in [5.74, 6) is -0.787. The zero-order valence-electron chi connectivity index (χ0n) is 8.83. The van der Waals surface area contributed by atoms with Crippen LogP contribution in [-0.4, -0.2) is 10.9 Å². The number of aromatic nitrogens is 1. The van der Waals surface area contributed by atoms with Gasteiger partial charge in [0.25, 0.3) is 5.91 Å². The summed E-state index contributed by atoms with van der Waals surface area (Å²) >= 11 is 3.21. The molecule has 0 atom stereocenters. The summed E-state index contributed by atoms with van der Waals surface area (Å²) in [7, 11) is 0. The number of halogens is 2. The average Bonchev–Trinajstić information content (AvgIpc) is 2.70. The van der Waals surface area contributed by atoms with Gasteiger partial charge in [-0.3, -0.25) is 4.79 Å². The molecule has 0 radical (unpaired) electrons. The number of oxazole rings is 1. The highest BCUT2D eigenvalue weighted by Crippen LogP contribution is 2.23. The molecule has 1 amide bonds. The Balaban J connectivity index is 2.24. The van der Waals surface area contributed by atoms with Crippen molar-refractivity contribution in [3.63, 3.8) is 0 Å². The van der Waals surface area contributed by atoms with Crippen LogP contribution in [0.2, 0.25) is 0 Å². The van der Waals surface area contributed by atoms with Gasteiger partial charge < -0.3 is 9.73 Å². The second kappa shape index (κ2) is 4.67. The number of aryl methyl sites for hydroxylation is 1. The molecule has 0 spiro atoms. The van der Waals surface area contributed by atoms with Gasteiger partial charge in [0.1, 0.15) is 5.82 Å². The second-order valence-electron chi connectivity index (χ2n) is 3.35. The molecule has 2 rings (SSSR count). The van der Waals surface area contributed by atoms with Crippen molar-refractivity contribution in [2.24, 2.45) is 0 Å². The van der Waals surface area contributed by atoms with Gasteiger partial charge in [0.05, 0.1) is 11.4 Å². The lowest BCUT2D eigenvalue weighted by atomic mass is 10.3. The van der Waals surface area contributed by atoms with Crippen molar-refractivity contribution in [2.45, 2.75) is 6.92 Å². The van der Waals surface area contributed by atoms with Gasteiger partial charge >= 0.3 is 0 Å². The van der Waals surface area contributed by atoms with Crippen molar-refractivity contribution in [3.8, 4) is 0 Å². The van der Waals surface area contributed by atoms with Gasteiger partial charge in [0.2, 0.25) is 5.76 Å². The zero-order valence-corrected chi connectivity index (χ0v) is 10.4. The Morgan fingerprint density at radius 3 is 2.94 bits per heavy atom. The molecule has 0 aliphatic rings. The molecule has 0 unspecified atom stereocenters. The van der Waals surface area contributed by atoms with E-state index in [1.54, 1.807) is 6.92 Å². The highest BCUT2D eigenvalue weighted by atomic mass is 79.9. The van der Waals surface area contributed by atoms with Gasteiger partial charge in [-0.15, -0.1) is 0 Å². The monoisotopic (exact) mass is 298 g/mol. The third-order valence-electron chi connectivity index (χ3n) is 2.13. The standard InChI is InChI=1S/C11H8BrFN2O2/c1-6-10(17-5-14-6)11(16)15-9-4-7(13)2-3-8(9)12/h2-5H,1H3,(H,15,16). The molecule has 0 aliphatic heterocycles. The van der Waals surface area contributed by atoms with E-state index in [2.05, 4.69) is 26.2 Å². The van der Waals surface area contributed by atoms with Crippen molar-refractivity contribution in [3.05, 3.63) is 46.3 Å². The van der Waals surface area contributed by atoms with Gasteiger partial charge in [-0.2, -0.15) is 0 Å². The van der Waals surface area contributed by atoms with Crippen molar-refractivity contribution < 1.29 is 13.6 Å². The third kappa shape index (κ3) is 2.52. The smallest absolute Gasteiger partial charge is 0.293 e. The number of nitrogens with one attached hydrogen (secondary N) is 1. The number of amides is 1. The molecular weight excluding hydrogens is 291 g/mol.